The van der Waals surface area contributed by atoms with Crippen LogP contribution >= 0.6 is 0 Å². The second-order valence-electron chi connectivity index (χ2n) is 3.22. The summed E-state index contributed by atoms with van der Waals surface area (Å²) < 4.78 is 1.99. The van der Waals surface area contributed by atoms with Gasteiger partial charge in [0.05, 0.1) is 0 Å². The molecule has 1 aromatic heterocycles. The molecule has 0 aromatic carbocycles. The van der Waals surface area contributed by atoms with Crippen LogP contribution in [0.2, 0.25) is 0 Å². The second-order valence-corrected chi connectivity index (χ2v) is 3.22. The van der Waals surface area contributed by atoms with Crippen molar-refractivity contribution in [3.8, 4) is 0 Å². The number of carbonyl (C=O) groups is 2. The first kappa shape index (κ1) is 12.7. The monoisotopic (exact) mass is 240 g/mol. The molecule has 1 heterocycles. The molecular weight excluding hydrogens is 228 g/mol. The number of nitrogens with one attached hydrogen (secondary N) is 1. The van der Waals surface area contributed by atoms with Crippen LogP contribution in [0.3, 0.4) is 0 Å². The van der Waals surface area contributed by atoms with Gasteiger partial charge < -0.3 is 10.3 Å². The standard InChI is InChI=1S/C9H12N4O4/c1-2-12-4-3-7(15)13(9(12)17)5-6(14)11-8(10)16/h3-4H,2,5H2,1H3,(H3,10,11,14,16). The van der Waals surface area contributed by atoms with Gasteiger partial charge in [0.25, 0.3) is 5.56 Å². The van der Waals surface area contributed by atoms with Gasteiger partial charge in [-0.1, -0.05) is 0 Å². The van der Waals surface area contributed by atoms with Crippen LogP contribution in [0.5, 0.6) is 0 Å². The number of hydrogen-bond donors (Lipinski definition) is 2. The van der Waals surface area contributed by atoms with Gasteiger partial charge in [0.15, 0.2) is 0 Å². The Morgan fingerprint density at radius 1 is 1.41 bits per heavy atom. The number of nitrogens with two attached hydrogens (primary N) is 1. The number of imide groups is 1. The van der Waals surface area contributed by atoms with Crippen LogP contribution in [-0.4, -0.2) is 21.1 Å². The largest absolute Gasteiger partial charge is 0.351 e. The quantitative estimate of drug-likeness (QED) is 0.649. The molecule has 0 saturated heterocycles. The van der Waals surface area contributed by atoms with Gasteiger partial charge in [0.1, 0.15) is 6.54 Å². The lowest BCUT2D eigenvalue weighted by Gasteiger charge is -2.07. The molecule has 0 saturated carbocycles. The number of hydrogen-bond acceptors (Lipinski definition) is 4. The Hall–Kier alpha value is -2.38. The first-order valence-corrected chi connectivity index (χ1v) is 4.85. The van der Waals surface area contributed by atoms with E-state index in [1.807, 2.05) is 0 Å². The smallest absolute Gasteiger partial charge is 0.331 e. The second kappa shape index (κ2) is 5.10. The first-order chi connectivity index (χ1) is 7.95. The maximum Gasteiger partial charge on any atom is 0.331 e. The highest BCUT2D eigenvalue weighted by molar-refractivity contribution is 5.93. The maximum absolute atomic E-state index is 11.7. The summed E-state index contributed by atoms with van der Waals surface area (Å²) in [4.78, 5) is 44.7. The van der Waals surface area contributed by atoms with Crippen LogP contribution in [0, 0.1) is 0 Å². The molecule has 1 rings (SSSR count). The molecule has 0 aliphatic carbocycles. The van der Waals surface area contributed by atoms with Crippen LogP contribution in [-0.2, 0) is 17.9 Å². The number of aromatic nitrogens is 2. The zero-order valence-electron chi connectivity index (χ0n) is 9.17. The van der Waals surface area contributed by atoms with Crippen LogP contribution in [0.1, 0.15) is 6.92 Å². The normalized spacial score (nSPS) is 9.94. The predicted molar refractivity (Wildman–Crippen MR) is 58.4 cm³/mol. The zero-order chi connectivity index (χ0) is 13.0. The van der Waals surface area contributed by atoms with Gasteiger partial charge in [0.2, 0.25) is 5.91 Å². The fourth-order valence-electron chi connectivity index (χ4n) is 1.26. The highest BCUT2D eigenvalue weighted by atomic mass is 16.2. The number of rotatable bonds is 3. The fraction of sp³-hybridized carbons (Fsp3) is 0.333. The summed E-state index contributed by atoms with van der Waals surface area (Å²) >= 11 is 0. The Kier molecular flexibility index (Phi) is 3.81. The molecule has 0 atom stereocenters. The summed E-state index contributed by atoms with van der Waals surface area (Å²) in [6, 6.07) is 0.136. The van der Waals surface area contributed by atoms with Crippen LogP contribution < -0.4 is 22.3 Å². The van der Waals surface area contributed by atoms with E-state index in [4.69, 9.17) is 5.73 Å². The van der Waals surface area contributed by atoms with Crippen molar-refractivity contribution in [1.29, 1.82) is 0 Å². The molecule has 8 nitrogen and oxygen atoms in total. The molecular formula is C9H12N4O4. The number of aryl methyl sites for hydroxylation is 1. The summed E-state index contributed by atoms with van der Waals surface area (Å²) in [6.45, 7) is 1.55. The Morgan fingerprint density at radius 3 is 2.59 bits per heavy atom. The molecule has 0 aliphatic heterocycles. The third-order valence-electron chi connectivity index (χ3n) is 2.04. The minimum Gasteiger partial charge on any atom is -0.351 e. The van der Waals surface area contributed by atoms with E-state index < -0.39 is 29.7 Å². The number of nitrogens with zero attached hydrogens (tertiary/aromatic N) is 2. The van der Waals surface area contributed by atoms with E-state index in [0.717, 1.165) is 4.57 Å². The number of carbonyl (C=O) groups excluding carboxylic acids is 2. The lowest BCUT2D eigenvalue weighted by atomic mass is 10.5. The van der Waals surface area contributed by atoms with E-state index in [1.54, 1.807) is 12.2 Å². The Labute approximate surface area is 95.7 Å². The number of urea groups is 1. The van der Waals surface area contributed by atoms with Crippen molar-refractivity contribution < 1.29 is 9.59 Å². The summed E-state index contributed by atoms with van der Waals surface area (Å²) in [7, 11) is 0. The van der Waals surface area contributed by atoms with Gasteiger partial charge in [-0.05, 0) is 6.92 Å². The molecule has 8 heteroatoms. The molecule has 0 unspecified atom stereocenters. The van der Waals surface area contributed by atoms with E-state index in [2.05, 4.69) is 0 Å². The minimum absolute atomic E-state index is 0.372. The zero-order valence-corrected chi connectivity index (χ0v) is 9.17. The summed E-state index contributed by atoms with van der Waals surface area (Å²) in [6.07, 6.45) is 1.34. The lowest BCUT2D eigenvalue weighted by molar-refractivity contribution is -0.120. The highest BCUT2D eigenvalue weighted by Gasteiger charge is 2.10. The van der Waals surface area contributed by atoms with Gasteiger partial charge in [0, 0.05) is 18.8 Å². The van der Waals surface area contributed by atoms with Gasteiger partial charge in [-0.15, -0.1) is 0 Å². The van der Waals surface area contributed by atoms with Gasteiger partial charge in [-0.3, -0.25) is 19.5 Å². The van der Waals surface area contributed by atoms with Gasteiger partial charge in [-0.25, -0.2) is 9.59 Å². The van der Waals surface area contributed by atoms with Crippen LogP contribution in [0.4, 0.5) is 4.79 Å². The molecule has 0 aliphatic rings. The molecule has 0 fully saturated rings. The first-order valence-electron chi connectivity index (χ1n) is 4.85. The van der Waals surface area contributed by atoms with E-state index in [0.29, 0.717) is 6.54 Å². The summed E-state index contributed by atoms with van der Waals surface area (Å²) in [5.41, 5.74) is 3.51. The maximum atomic E-state index is 11.7. The van der Waals surface area contributed by atoms with Crippen molar-refractivity contribution in [1.82, 2.24) is 14.5 Å². The third kappa shape index (κ3) is 3.03. The van der Waals surface area contributed by atoms with Crippen LogP contribution in [0.25, 0.3) is 0 Å². The lowest BCUT2D eigenvalue weighted by Crippen LogP contribution is -2.45. The van der Waals surface area contributed by atoms with Crippen molar-refractivity contribution in [2.24, 2.45) is 5.73 Å². The molecule has 3 N–H and O–H groups in total. The topological polar surface area (TPSA) is 116 Å². The third-order valence-corrected chi connectivity index (χ3v) is 2.04. The molecule has 0 radical (unpaired) electrons. The SMILES string of the molecule is CCn1ccc(=O)n(CC(=O)NC(N)=O)c1=O. The molecule has 17 heavy (non-hydrogen) atoms. The fourth-order valence-corrected chi connectivity index (χ4v) is 1.26. The van der Waals surface area contributed by atoms with Crippen molar-refractivity contribution in [3.05, 3.63) is 33.1 Å². The molecule has 0 bridgehead atoms. The van der Waals surface area contributed by atoms with E-state index >= 15 is 0 Å². The van der Waals surface area contributed by atoms with E-state index in [-0.39, 0.29) is 0 Å². The average Bonchev–Trinajstić information content (AvgIpc) is 2.23. The minimum atomic E-state index is -1.03. The van der Waals surface area contributed by atoms with Crippen molar-refractivity contribution in [3.63, 3.8) is 0 Å². The van der Waals surface area contributed by atoms with Gasteiger partial charge >= 0.3 is 11.7 Å². The van der Waals surface area contributed by atoms with E-state index in [1.165, 1.54) is 16.8 Å². The highest BCUT2D eigenvalue weighted by Crippen LogP contribution is 1.79. The van der Waals surface area contributed by atoms with E-state index in [9.17, 15) is 19.2 Å². The van der Waals surface area contributed by atoms with Crippen molar-refractivity contribution in [2.75, 3.05) is 0 Å². The molecule has 0 spiro atoms. The predicted octanol–water partition coefficient (Wildman–Crippen LogP) is -1.78. The van der Waals surface area contributed by atoms with Crippen molar-refractivity contribution >= 4 is 11.9 Å². The number of amides is 3. The van der Waals surface area contributed by atoms with Crippen LogP contribution in [0.15, 0.2) is 21.9 Å². The van der Waals surface area contributed by atoms with Gasteiger partial charge in [-0.2, -0.15) is 0 Å². The average molecular weight is 240 g/mol. The number of primary amides is 1. The Bertz CT molecular complexity index is 557. The molecule has 3 amide bonds. The van der Waals surface area contributed by atoms with Crippen molar-refractivity contribution in [2.45, 2.75) is 20.0 Å². The Balaban J connectivity index is 3.06. The summed E-state index contributed by atoms with van der Waals surface area (Å²) in [5, 5.41) is 1.78. The summed E-state index contributed by atoms with van der Waals surface area (Å²) in [5.74, 6) is -0.814. The molecule has 1 aromatic rings. The molecule has 92 valence electrons. The Morgan fingerprint density at radius 2 is 2.06 bits per heavy atom.